The van der Waals surface area contributed by atoms with E-state index >= 15 is 0 Å². The van der Waals surface area contributed by atoms with E-state index in [1.807, 2.05) is 35.9 Å². The summed E-state index contributed by atoms with van der Waals surface area (Å²) >= 11 is 0. The van der Waals surface area contributed by atoms with Crippen LogP contribution in [0.4, 0.5) is 19.0 Å². The van der Waals surface area contributed by atoms with Crippen LogP contribution < -0.4 is 15.4 Å². The first-order valence-electron chi connectivity index (χ1n) is 14.8. The molecule has 6 rings (SSSR count). The second kappa shape index (κ2) is 12.7. The fourth-order valence-electron chi connectivity index (χ4n) is 5.70. The van der Waals surface area contributed by atoms with E-state index in [0.717, 1.165) is 42.1 Å². The van der Waals surface area contributed by atoms with E-state index in [9.17, 15) is 18.0 Å². The molecule has 1 atom stereocenters. The van der Waals surface area contributed by atoms with Gasteiger partial charge in [-0.1, -0.05) is 23.7 Å². The van der Waals surface area contributed by atoms with E-state index in [1.165, 1.54) is 6.20 Å². The van der Waals surface area contributed by atoms with Crippen LogP contribution in [0.3, 0.4) is 0 Å². The van der Waals surface area contributed by atoms with Crippen molar-refractivity contribution in [3.63, 3.8) is 0 Å². The van der Waals surface area contributed by atoms with E-state index in [2.05, 4.69) is 30.7 Å². The van der Waals surface area contributed by atoms with Gasteiger partial charge in [-0.2, -0.15) is 18.2 Å². The van der Waals surface area contributed by atoms with Gasteiger partial charge in [0.05, 0.1) is 10.9 Å². The van der Waals surface area contributed by atoms with E-state index in [4.69, 9.17) is 9.26 Å². The lowest BCUT2D eigenvalue weighted by atomic mass is 10.1. The number of nitrogens with one attached hydrogen (secondary N) is 2. The van der Waals surface area contributed by atoms with E-state index < -0.39 is 12.8 Å². The molecule has 0 radical (unpaired) electrons. The van der Waals surface area contributed by atoms with Crippen LogP contribution in [0.5, 0.6) is 5.88 Å². The van der Waals surface area contributed by atoms with Crippen LogP contribution in [0.15, 0.2) is 53.3 Å². The zero-order valence-electron chi connectivity index (χ0n) is 24.9. The molecule has 0 bridgehead atoms. The van der Waals surface area contributed by atoms with Crippen molar-refractivity contribution >= 4 is 33.4 Å². The highest BCUT2D eigenvalue weighted by atomic mass is 19.4. The number of fused-ring (bicyclic) bond motifs is 4. The Balaban J connectivity index is 1.25. The molecule has 2 N–H and O–H groups in total. The molecule has 0 unspecified atom stereocenters. The molecular weight excluding hydrogens is 589 g/mol. The number of amides is 1. The number of nitrogens with zero attached hydrogens (tertiary/aromatic N) is 6. The molecule has 11 nitrogen and oxygen atoms in total. The summed E-state index contributed by atoms with van der Waals surface area (Å²) in [6.45, 7) is 2.50. The molecule has 5 aromatic rings. The summed E-state index contributed by atoms with van der Waals surface area (Å²) in [5.74, 6) is 1.30. The number of carbonyl (C=O) groups excluding carboxylic acids is 1. The quantitative estimate of drug-likeness (QED) is 0.181. The third-order valence-corrected chi connectivity index (χ3v) is 7.83. The van der Waals surface area contributed by atoms with Gasteiger partial charge in [-0.15, -0.1) is 0 Å². The third-order valence-electron chi connectivity index (χ3n) is 7.83. The highest BCUT2D eigenvalue weighted by Crippen LogP contribution is 2.32. The lowest BCUT2D eigenvalue weighted by molar-refractivity contribution is -0.153. The first kappa shape index (κ1) is 30.3. The molecular formula is C31H33F3N8O3. The molecule has 14 heteroatoms. The molecule has 0 fully saturated rings. The maximum atomic E-state index is 13.8. The number of pyridine rings is 2. The second-order valence-corrected chi connectivity index (χ2v) is 11.1. The predicted molar refractivity (Wildman–Crippen MR) is 162 cm³/mol. The number of carbonyl (C=O) groups is 1. The zero-order chi connectivity index (χ0) is 31.6. The van der Waals surface area contributed by atoms with E-state index in [1.54, 1.807) is 30.2 Å². The van der Waals surface area contributed by atoms with Crippen molar-refractivity contribution in [2.75, 3.05) is 38.6 Å². The van der Waals surface area contributed by atoms with Gasteiger partial charge in [0, 0.05) is 55.9 Å². The number of benzene rings is 1. The monoisotopic (exact) mass is 622 g/mol. The lowest BCUT2D eigenvalue weighted by Gasteiger charge is -2.32. The molecule has 0 saturated carbocycles. The number of aryl methyl sites for hydroxylation is 1. The Morgan fingerprint density at radius 2 is 1.91 bits per heavy atom. The molecule has 4 aromatic heterocycles. The molecule has 1 amide bonds. The predicted octanol–water partition coefficient (Wildman–Crippen LogP) is 5.21. The fourth-order valence-corrected chi connectivity index (χ4v) is 5.70. The van der Waals surface area contributed by atoms with Crippen molar-refractivity contribution in [2.45, 2.75) is 44.9 Å². The normalized spacial score (nSPS) is 14.2. The summed E-state index contributed by atoms with van der Waals surface area (Å²) in [5.41, 5.74) is 1.80. The van der Waals surface area contributed by atoms with Crippen molar-refractivity contribution in [1.29, 1.82) is 0 Å². The van der Waals surface area contributed by atoms with E-state index in [0.29, 0.717) is 53.8 Å². The maximum absolute atomic E-state index is 13.8. The van der Waals surface area contributed by atoms with Gasteiger partial charge in [-0.05, 0) is 56.1 Å². The molecule has 0 aliphatic carbocycles. The number of hydrogen-bond acceptors (Lipinski definition) is 9. The highest BCUT2D eigenvalue weighted by Gasteiger charge is 2.32. The number of halogens is 3. The Labute approximate surface area is 256 Å². The van der Waals surface area contributed by atoms with Crippen LogP contribution in [0.1, 0.15) is 35.6 Å². The minimum absolute atomic E-state index is 0.122. The SMILES string of the molecule is CNCCCC[C@@H](CN1CCn2c(cc3c(OCC(F)(F)F)nccc32)C1=O)Nc1nccc2ccc(-c3noc(C)n3)cc12. The average Bonchev–Trinajstić information content (AvgIpc) is 3.63. The summed E-state index contributed by atoms with van der Waals surface area (Å²) < 4.78 is 50.5. The second-order valence-electron chi connectivity index (χ2n) is 11.1. The van der Waals surface area contributed by atoms with E-state index in [-0.39, 0.29) is 17.8 Å². The van der Waals surface area contributed by atoms with Gasteiger partial charge in [0.2, 0.25) is 17.6 Å². The number of ether oxygens (including phenoxy) is 1. The maximum Gasteiger partial charge on any atom is 0.422 e. The largest absolute Gasteiger partial charge is 0.468 e. The van der Waals surface area contributed by atoms with Gasteiger partial charge in [0.25, 0.3) is 5.91 Å². The van der Waals surface area contributed by atoms with Gasteiger partial charge >= 0.3 is 6.18 Å². The van der Waals surface area contributed by atoms with Crippen molar-refractivity contribution in [1.82, 2.24) is 34.9 Å². The number of anilines is 1. The molecule has 0 saturated heterocycles. The Bertz CT molecular complexity index is 1820. The Morgan fingerprint density at radius 1 is 1.07 bits per heavy atom. The standard InChI is InChI=1S/C31H33F3N8O3/c1-19-38-27(40-45-19)21-7-6-20-8-11-36-28(23(20)15-21)39-22(5-3-4-10-35-2)17-41-13-14-42-25-9-12-37-29(44-18-31(32,33)34)24(25)16-26(42)30(41)43/h6-9,11-12,15-16,22,35H,3-5,10,13-14,17-18H2,1-2H3,(H,36,39)/t22-/m0/s1. The Hall–Kier alpha value is -4.72. The lowest BCUT2D eigenvalue weighted by Crippen LogP contribution is -2.45. The minimum atomic E-state index is -4.50. The fraction of sp³-hybridized carbons (Fsp3) is 0.387. The minimum Gasteiger partial charge on any atom is -0.468 e. The molecule has 236 valence electrons. The van der Waals surface area contributed by atoms with Gasteiger partial charge < -0.3 is 29.4 Å². The van der Waals surface area contributed by atoms with Gasteiger partial charge in [0.1, 0.15) is 11.5 Å². The number of rotatable bonds is 12. The van der Waals surface area contributed by atoms with Crippen molar-refractivity contribution < 1.29 is 27.2 Å². The molecule has 0 spiro atoms. The summed E-state index contributed by atoms with van der Waals surface area (Å²) in [7, 11) is 1.92. The summed E-state index contributed by atoms with van der Waals surface area (Å²) in [6, 6.07) is 11.0. The van der Waals surface area contributed by atoms with Crippen LogP contribution in [-0.4, -0.2) is 81.0 Å². The number of alkyl halides is 3. The average molecular weight is 623 g/mol. The van der Waals surface area contributed by atoms with Crippen molar-refractivity contribution in [3.8, 4) is 17.3 Å². The van der Waals surface area contributed by atoms with Crippen LogP contribution in [0.2, 0.25) is 0 Å². The molecule has 5 heterocycles. The topological polar surface area (TPSA) is 123 Å². The number of hydrogen-bond donors (Lipinski definition) is 2. The molecule has 1 aromatic carbocycles. The number of unbranched alkanes of at least 4 members (excludes halogenated alkanes) is 1. The molecule has 1 aliphatic heterocycles. The van der Waals surface area contributed by atoms with Crippen molar-refractivity contribution in [2.24, 2.45) is 0 Å². The molecule has 1 aliphatic rings. The van der Waals surface area contributed by atoms with Crippen LogP contribution in [0.25, 0.3) is 33.1 Å². The van der Waals surface area contributed by atoms with Gasteiger partial charge in [0.15, 0.2) is 6.61 Å². The summed E-state index contributed by atoms with van der Waals surface area (Å²) in [4.78, 5) is 28.6. The van der Waals surface area contributed by atoms with Crippen LogP contribution >= 0.6 is 0 Å². The first-order chi connectivity index (χ1) is 21.7. The zero-order valence-corrected chi connectivity index (χ0v) is 24.9. The first-order valence-corrected chi connectivity index (χ1v) is 14.8. The summed E-state index contributed by atoms with van der Waals surface area (Å²) in [6.07, 6.45) is 1.32. The third kappa shape index (κ3) is 6.70. The summed E-state index contributed by atoms with van der Waals surface area (Å²) in [5, 5.41) is 13.1. The van der Waals surface area contributed by atoms with Crippen molar-refractivity contribution in [3.05, 3.63) is 60.4 Å². The highest BCUT2D eigenvalue weighted by molar-refractivity contribution is 6.01. The Kier molecular flexibility index (Phi) is 8.57. The van der Waals surface area contributed by atoms with Crippen LogP contribution in [-0.2, 0) is 6.54 Å². The number of aromatic nitrogens is 5. The van der Waals surface area contributed by atoms with Gasteiger partial charge in [-0.25, -0.2) is 9.97 Å². The Morgan fingerprint density at radius 3 is 2.69 bits per heavy atom. The molecule has 45 heavy (non-hydrogen) atoms. The smallest absolute Gasteiger partial charge is 0.422 e. The van der Waals surface area contributed by atoms with Gasteiger partial charge in [-0.3, -0.25) is 4.79 Å². The van der Waals surface area contributed by atoms with Crippen LogP contribution in [0, 0.1) is 6.92 Å².